The van der Waals surface area contributed by atoms with Gasteiger partial charge in [0.05, 0.1) is 24.3 Å². The number of nitrogens with one attached hydrogen (secondary N) is 1. The number of ether oxygens (including phenoxy) is 2. The molecule has 2 unspecified atom stereocenters. The summed E-state index contributed by atoms with van der Waals surface area (Å²) in [7, 11) is 1.48. The Morgan fingerprint density at radius 3 is 2.72 bits per heavy atom. The van der Waals surface area contributed by atoms with E-state index in [9.17, 15) is 14.4 Å². The molecule has 2 heterocycles. The van der Waals surface area contributed by atoms with Crippen molar-refractivity contribution in [2.75, 3.05) is 7.11 Å². The van der Waals surface area contributed by atoms with E-state index in [0.717, 1.165) is 42.5 Å². The highest BCUT2D eigenvalue weighted by atomic mass is 19.1. The molecule has 1 saturated carbocycles. The van der Waals surface area contributed by atoms with Crippen molar-refractivity contribution in [3.8, 4) is 17.6 Å². The summed E-state index contributed by atoms with van der Waals surface area (Å²) in [6.45, 7) is 3.02. The van der Waals surface area contributed by atoms with Gasteiger partial charge >= 0.3 is 0 Å². The Balaban J connectivity index is 1.68. The number of Topliss-reactive ketones (excluding diaryl/α,β-unsaturated/α-hetero) is 1. The molecule has 7 heteroatoms. The zero-order chi connectivity index (χ0) is 22.9. The molecule has 2 atom stereocenters. The molecule has 0 radical (unpaired) electrons. The van der Waals surface area contributed by atoms with Gasteiger partial charge in [-0.25, -0.2) is 4.39 Å². The Morgan fingerprint density at radius 2 is 2.09 bits per heavy atom. The molecule has 1 aromatic carbocycles. The number of nitriles is 1. The van der Waals surface area contributed by atoms with Crippen LogP contribution in [0.1, 0.15) is 61.9 Å². The summed E-state index contributed by atoms with van der Waals surface area (Å²) >= 11 is 0. The number of benzene rings is 1. The first-order chi connectivity index (χ1) is 15.4. The number of methoxy groups -OCH3 is 1. The fraction of sp³-hybridized carbons (Fsp3) is 0.440. The first kappa shape index (κ1) is 21.9. The predicted molar refractivity (Wildman–Crippen MR) is 119 cm³/mol. The molecular formula is C25H28FN3O3. The summed E-state index contributed by atoms with van der Waals surface area (Å²) in [6.07, 6.45) is 10.4. The van der Waals surface area contributed by atoms with E-state index in [0.29, 0.717) is 5.75 Å². The molecule has 0 saturated heterocycles. The highest BCUT2D eigenvalue weighted by Gasteiger charge is 2.39. The normalized spacial score (nSPS) is 21.7. The van der Waals surface area contributed by atoms with Crippen molar-refractivity contribution >= 4 is 11.5 Å². The van der Waals surface area contributed by atoms with E-state index < -0.39 is 11.8 Å². The maximum atomic E-state index is 13.8. The molecule has 4 rings (SSSR count). The summed E-state index contributed by atoms with van der Waals surface area (Å²) in [5, 5.41) is 13.2. The number of carbonyl (C=O) groups excluding carboxylic acids is 1. The van der Waals surface area contributed by atoms with Crippen molar-refractivity contribution in [1.29, 1.82) is 5.26 Å². The molecule has 3 aliphatic rings. The zero-order valence-electron chi connectivity index (χ0n) is 18.7. The summed E-state index contributed by atoms with van der Waals surface area (Å²) in [5.41, 5.74) is 2.47. The SMILES string of the molecule is CCC(=O)c1c(OC)cc(C2=CNC3C=C(C4(C#N)CCCC4)C=CN23)cc1OC(C)F. The first-order valence-electron chi connectivity index (χ1n) is 11.0. The maximum absolute atomic E-state index is 13.8. The third-order valence-electron chi connectivity index (χ3n) is 6.42. The van der Waals surface area contributed by atoms with Crippen molar-refractivity contribution in [1.82, 2.24) is 10.2 Å². The molecule has 0 bridgehead atoms. The van der Waals surface area contributed by atoms with Crippen molar-refractivity contribution in [2.24, 2.45) is 5.41 Å². The fourth-order valence-corrected chi connectivity index (χ4v) is 4.77. The van der Waals surface area contributed by atoms with Gasteiger partial charge in [0, 0.05) is 31.3 Å². The average Bonchev–Trinajstić information content (AvgIpc) is 3.45. The largest absolute Gasteiger partial charge is 0.496 e. The van der Waals surface area contributed by atoms with Crippen LogP contribution >= 0.6 is 0 Å². The lowest BCUT2D eigenvalue weighted by Gasteiger charge is -2.32. The van der Waals surface area contributed by atoms with Crippen LogP contribution in [0.25, 0.3) is 5.70 Å². The van der Waals surface area contributed by atoms with E-state index in [1.807, 2.05) is 23.4 Å². The fourth-order valence-electron chi connectivity index (χ4n) is 4.77. The van der Waals surface area contributed by atoms with Crippen LogP contribution in [0.5, 0.6) is 11.5 Å². The molecule has 2 aliphatic heterocycles. The van der Waals surface area contributed by atoms with Gasteiger partial charge < -0.3 is 19.7 Å². The summed E-state index contributed by atoms with van der Waals surface area (Å²) in [5.74, 6) is 0.336. The smallest absolute Gasteiger partial charge is 0.235 e. The van der Waals surface area contributed by atoms with E-state index in [-0.39, 0.29) is 29.7 Å². The molecule has 1 aliphatic carbocycles. The third-order valence-corrected chi connectivity index (χ3v) is 6.42. The van der Waals surface area contributed by atoms with Crippen molar-refractivity contribution in [2.45, 2.75) is 58.5 Å². The topological polar surface area (TPSA) is 74.6 Å². The maximum Gasteiger partial charge on any atom is 0.235 e. The average molecular weight is 438 g/mol. The summed E-state index contributed by atoms with van der Waals surface area (Å²) in [4.78, 5) is 14.6. The molecular weight excluding hydrogens is 409 g/mol. The van der Waals surface area contributed by atoms with Gasteiger partial charge in [-0.3, -0.25) is 4.79 Å². The number of fused-ring (bicyclic) bond motifs is 1. The molecule has 1 aromatic rings. The summed E-state index contributed by atoms with van der Waals surface area (Å²) < 4.78 is 24.6. The molecule has 0 aromatic heterocycles. The lowest BCUT2D eigenvalue weighted by atomic mass is 9.78. The minimum atomic E-state index is -1.57. The van der Waals surface area contributed by atoms with Crippen molar-refractivity contribution in [3.63, 3.8) is 0 Å². The van der Waals surface area contributed by atoms with Crippen LogP contribution in [0, 0.1) is 16.7 Å². The highest BCUT2D eigenvalue weighted by Crippen LogP contribution is 2.46. The van der Waals surface area contributed by atoms with Gasteiger partial charge in [0.15, 0.2) is 5.78 Å². The second kappa shape index (κ2) is 8.70. The van der Waals surface area contributed by atoms with E-state index in [1.54, 1.807) is 19.1 Å². The van der Waals surface area contributed by atoms with Gasteiger partial charge in [-0.2, -0.15) is 5.26 Å². The van der Waals surface area contributed by atoms with Gasteiger partial charge in [-0.15, -0.1) is 0 Å². The van der Waals surface area contributed by atoms with Crippen LogP contribution < -0.4 is 14.8 Å². The number of halogens is 1. The van der Waals surface area contributed by atoms with Crippen molar-refractivity contribution < 1.29 is 18.7 Å². The Morgan fingerprint density at radius 1 is 1.38 bits per heavy atom. The van der Waals surface area contributed by atoms with Crippen molar-refractivity contribution in [3.05, 3.63) is 53.4 Å². The highest BCUT2D eigenvalue weighted by molar-refractivity contribution is 6.01. The molecule has 168 valence electrons. The number of allylic oxidation sites excluding steroid dienone is 2. The number of carbonyl (C=O) groups is 1. The lowest BCUT2D eigenvalue weighted by molar-refractivity contribution is 0.0819. The number of rotatable bonds is 7. The second-order valence-electron chi connectivity index (χ2n) is 8.38. The standard InChI is InChI=1S/C25H28FN3O3/c1-4-20(30)24-21(31-3)11-17(12-22(24)32-16(2)26)19-14-28-23-13-18(7-10-29(19)23)25(15-27)8-5-6-9-25/h7,10-14,16,23,28H,4-6,8-9H2,1-3H3. The lowest BCUT2D eigenvalue weighted by Crippen LogP contribution is -2.35. The monoisotopic (exact) mass is 437 g/mol. The molecule has 32 heavy (non-hydrogen) atoms. The van der Waals surface area contributed by atoms with Crippen LogP contribution in [-0.4, -0.2) is 30.3 Å². The van der Waals surface area contributed by atoms with Crippen LogP contribution in [0.3, 0.4) is 0 Å². The van der Waals surface area contributed by atoms with E-state index in [2.05, 4.69) is 17.5 Å². The molecule has 0 amide bonds. The Labute approximate surface area is 188 Å². The third kappa shape index (κ3) is 3.75. The Hall–Kier alpha value is -3.27. The predicted octanol–water partition coefficient (Wildman–Crippen LogP) is 5.05. The number of hydrogen-bond donors (Lipinski definition) is 1. The van der Waals surface area contributed by atoms with Crippen LogP contribution in [0.15, 0.2) is 42.3 Å². The first-order valence-corrected chi connectivity index (χ1v) is 11.0. The van der Waals surface area contributed by atoms with Gasteiger partial charge in [0.1, 0.15) is 23.2 Å². The number of alkyl halides is 1. The van der Waals surface area contributed by atoms with Gasteiger partial charge in [0.2, 0.25) is 6.36 Å². The van der Waals surface area contributed by atoms with Gasteiger partial charge in [0.25, 0.3) is 0 Å². The van der Waals surface area contributed by atoms with Crippen LogP contribution in [-0.2, 0) is 0 Å². The Bertz CT molecular complexity index is 1050. The van der Waals surface area contributed by atoms with Gasteiger partial charge in [-0.1, -0.05) is 19.8 Å². The van der Waals surface area contributed by atoms with Crippen LogP contribution in [0.4, 0.5) is 4.39 Å². The zero-order valence-corrected chi connectivity index (χ0v) is 18.7. The van der Waals surface area contributed by atoms with E-state index in [1.165, 1.54) is 14.0 Å². The number of nitrogens with zero attached hydrogens (tertiary/aromatic N) is 2. The minimum absolute atomic E-state index is 0.122. The summed E-state index contributed by atoms with van der Waals surface area (Å²) in [6, 6.07) is 6.00. The minimum Gasteiger partial charge on any atom is -0.496 e. The molecule has 1 fully saturated rings. The molecule has 0 spiro atoms. The molecule has 6 nitrogen and oxygen atoms in total. The van der Waals surface area contributed by atoms with E-state index in [4.69, 9.17) is 9.47 Å². The van der Waals surface area contributed by atoms with Crippen LogP contribution in [0.2, 0.25) is 0 Å². The molecule has 1 N–H and O–H groups in total. The van der Waals surface area contributed by atoms with E-state index >= 15 is 0 Å². The Kier molecular flexibility index (Phi) is 5.96. The quantitative estimate of drug-likeness (QED) is 0.602. The van der Waals surface area contributed by atoms with Gasteiger partial charge in [-0.05, 0) is 42.7 Å². The second-order valence-corrected chi connectivity index (χ2v) is 8.38. The number of hydrogen-bond acceptors (Lipinski definition) is 6. The number of ketones is 1.